The van der Waals surface area contributed by atoms with E-state index in [0.29, 0.717) is 42.2 Å². The predicted octanol–water partition coefficient (Wildman–Crippen LogP) is 2.61. The number of amides is 1. The summed E-state index contributed by atoms with van der Waals surface area (Å²) in [5.41, 5.74) is 4.02. The lowest BCUT2D eigenvalue weighted by molar-refractivity contribution is 0.0387. The minimum absolute atomic E-state index is 0.163. The third-order valence-electron chi connectivity index (χ3n) is 4.76. The Morgan fingerprint density at radius 2 is 2.00 bits per heavy atom. The van der Waals surface area contributed by atoms with Gasteiger partial charge in [-0.15, -0.1) is 0 Å². The first-order valence-corrected chi connectivity index (χ1v) is 9.66. The van der Waals surface area contributed by atoms with Crippen LogP contribution in [0.3, 0.4) is 0 Å². The molecule has 0 fully saturated rings. The van der Waals surface area contributed by atoms with E-state index >= 15 is 0 Å². The molecule has 2 N–H and O–H groups in total. The van der Waals surface area contributed by atoms with Crippen LogP contribution in [0.15, 0.2) is 43.0 Å². The van der Waals surface area contributed by atoms with Gasteiger partial charge in [0.15, 0.2) is 0 Å². The van der Waals surface area contributed by atoms with Crippen LogP contribution in [-0.4, -0.2) is 46.7 Å². The SMILES string of the molecule is COCCOC(=O)c1c(C)[nH]c(C(=O)NCc2cccc(Cn3ccnc3)c2)c1C. The van der Waals surface area contributed by atoms with Crippen LogP contribution < -0.4 is 5.32 Å². The number of methoxy groups -OCH3 is 1. The van der Waals surface area contributed by atoms with Crippen molar-refractivity contribution in [3.05, 3.63) is 76.6 Å². The van der Waals surface area contributed by atoms with E-state index in [1.165, 1.54) is 7.11 Å². The van der Waals surface area contributed by atoms with Gasteiger partial charge in [-0.25, -0.2) is 9.78 Å². The van der Waals surface area contributed by atoms with Crippen molar-refractivity contribution < 1.29 is 19.1 Å². The van der Waals surface area contributed by atoms with Gasteiger partial charge < -0.3 is 24.3 Å². The molecule has 0 aliphatic rings. The fraction of sp³-hybridized carbons (Fsp3) is 0.318. The number of nitrogens with one attached hydrogen (secondary N) is 2. The minimum Gasteiger partial charge on any atom is -0.460 e. The third-order valence-corrected chi connectivity index (χ3v) is 4.76. The Bertz CT molecular complexity index is 1010. The van der Waals surface area contributed by atoms with Gasteiger partial charge in [-0.05, 0) is 30.5 Å². The lowest BCUT2D eigenvalue weighted by Gasteiger charge is -2.08. The highest BCUT2D eigenvalue weighted by Gasteiger charge is 2.22. The molecule has 0 radical (unpaired) electrons. The van der Waals surface area contributed by atoms with Crippen molar-refractivity contribution in [2.75, 3.05) is 20.3 Å². The molecule has 0 aliphatic heterocycles. The summed E-state index contributed by atoms with van der Waals surface area (Å²) in [5.74, 6) is -0.740. The van der Waals surface area contributed by atoms with Crippen molar-refractivity contribution >= 4 is 11.9 Å². The molecule has 30 heavy (non-hydrogen) atoms. The molecular weight excluding hydrogens is 384 g/mol. The van der Waals surface area contributed by atoms with Crippen LogP contribution in [0.2, 0.25) is 0 Å². The van der Waals surface area contributed by atoms with E-state index in [9.17, 15) is 9.59 Å². The van der Waals surface area contributed by atoms with Crippen LogP contribution in [0.25, 0.3) is 0 Å². The first kappa shape index (κ1) is 21.3. The number of nitrogens with zero attached hydrogens (tertiary/aromatic N) is 2. The standard InChI is InChI=1S/C22H26N4O4/c1-15-19(22(28)30-10-9-29-3)16(2)25-20(15)21(27)24-12-17-5-4-6-18(11-17)13-26-8-7-23-14-26/h4-8,11,14,25H,9-10,12-13H2,1-3H3,(H,24,27). The van der Waals surface area contributed by atoms with Crippen molar-refractivity contribution in [2.24, 2.45) is 0 Å². The van der Waals surface area contributed by atoms with Crippen molar-refractivity contribution in [3.63, 3.8) is 0 Å². The molecule has 0 bridgehead atoms. The summed E-state index contributed by atoms with van der Waals surface area (Å²) in [7, 11) is 1.54. The zero-order valence-corrected chi connectivity index (χ0v) is 17.4. The molecule has 1 aromatic carbocycles. The second-order valence-electron chi connectivity index (χ2n) is 6.99. The normalized spacial score (nSPS) is 10.8. The quantitative estimate of drug-likeness (QED) is 0.417. The number of imidazole rings is 1. The second-order valence-corrected chi connectivity index (χ2v) is 6.99. The van der Waals surface area contributed by atoms with Gasteiger partial charge >= 0.3 is 5.97 Å². The molecule has 8 heteroatoms. The highest BCUT2D eigenvalue weighted by atomic mass is 16.6. The van der Waals surface area contributed by atoms with Crippen molar-refractivity contribution in [1.29, 1.82) is 0 Å². The molecule has 0 spiro atoms. The molecule has 0 saturated carbocycles. The highest BCUT2D eigenvalue weighted by Crippen LogP contribution is 2.19. The number of benzene rings is 1. The fourth-order valence-electron chi connectivity index (χ4n) is 3.27. The zero-order valence-electron chi connectivity index (χ0n) is 17.4. The van der Waals surface area contributed by atoms with Gasteiger partial charge in [0.05, 0.1) is 18.5 Å². The van der Waals surface area contributed by atoms with Crippen LogP contribution in [0.5, 0.6) is 0 Å². The van der Waals surface area contributed by atoms with Gasteiger partial charge in [-0.1, -0.05) is 24.3 Å². The molecule has 2 aromatic heterocycles. The number of hydrogen-bond donors (Lipinski definition) is 2. The van der Waals surface area contributed by atoms with E-state index in [1.807, 2.05) is 35.0 Å². The maximum atomic E-state index is 12.7. The lowest BCUT2D eigenvalue weighted by atomic mass is 10.1. The summed E-state index contributed by atoms with van der Waals surface area (Å²) in [6.07, 6.45) is 5.41. The Morgan fingerprint density at radius 1 is 1.20 bits per heavy atom. The number of rotatable bonds is 9. The second kappa shape index (κ2) is 9.89. The Kier molecular flexibility index (Phi) is 7.03. The number of aromatic amines is 1. The Hall–Kier alpha value is -3.39. The summed E-state index contributed by atoms with van der Waals surface area (Å²) in [6.45, 7) is 5.05. The van der Waals surface area contributed by atoms with Crippen LogP contribution in [0.4, 0.5) is 0 Å². The van der Waals surface area contributed by atoms with Gasteiger partial charge in [0.25, 0.3) is 5.91 Å². The van der Waals surface area contributed by atoms with Crippen LogP contribution in [0, 0.1) is 13.8 Å². The number of aryl methyl sites for hydroxylation is 1. The van der Waals surface area contributed by atoms with E-state index in [1.54, 1.807) is 26.4 Å². The highest BCUT2D eigenvalue weighted by molar-refractivity contribution is 6.00. The van der Waals surface area contributed by atoms with Gasteiger partial charge in [-0.2, -0.15) is 0 Å². The topological polar surface area (TPSA) is 98.2 Å². The Labute approximate surface area is 175 Å². The molecule has 0 aliphatic carbocycles. The molecule has 8 nitrogen and oxygen atoms in total. The number of carbonyl (C=O) groups is 2. The van der Waals surface area contributed by atoms with Crippen molar-refractivity contribution in [3.8, 4) is 0 Å². The number of esters is 1. The van der Waals surface area contributed by atoms with E-state index < -0.39 is 5.97 Å². The van der Waals surface area contributed by atoms with Gasteiger partial charge in [-0.3, -0.25) is 4.79 Å². The molecule has 0 unspecified atom stereocenters. The maximum Gasteiger partial charge on any atom is 0.340 e. The van der Waals surface area contributed by atoms with Crippen molar-refractivity contribution in [2.45, 2.75) is 26.9 Å². The lowest BCUT2D eigenvalue weighted by Crippen LogP contribution is -2.24. The third kappa shape index (κ3) is 5.15. The molecule has 158 valence electrons. The molecule has 2 heterocycles. The Morgan fingerprint density at radius 3 is 2.73 bits per heavy atom. The van der Waals surface area contributed by atoms with E-state index in [4.69, 9.17) is 9.47 Å². The summed E-state index contributed by atoms with van der Waals surface area (Å²) >= 11 is 0. The summed E-state index contributed by atoms with van der Waals surface area (Å²) in [4.78, 5) is 32.1. The monoisotopic (exact) mass is 410 g/mol. The van der Waals surface area contributed by atoms with E-state index in [2.05, 4.69) is 15.3 Å². The molecule has 3 rings (SSSR count). The number of hydrogen-bond acceptors (Lipinski definition) is 5. The summed E-state index contributed by atoms with van der Waals surface area (Å²) in [6, 6.07) is 8.01. The first-order valence-electron chi connectivity index (χ1n) is 9.66. The van der Waals surface area contributed by atoms with Crippen LogP contribution in [-0.2, 0) is 22.6 Å². The van der Waals surface area contributed by atoms with E-state index in [0.717, 1.165) is 11.1 Å². The molecule has 1 amide bonds. The largest absolute Gasteiger partial charge is 0.460 e. The smallest absolute Gasteiger partial charge is 0.340 e. The number of H-pyrrole nitrogens is 1. The average molecular weight is 410 g/mol. The van der Waals surface area contributed by atoms with E-state index in [-0.39, 0.29) is 12.5 Å². The number of aromatic nitrogens is 3. The molecule has 0 atom stereocenters. The summed E-state index contributed by atoms with van der Waals surface area (Å²) < 4.78 is 12.1. The first-order chi connectivity index (χ1) is 14.5. The molecule has 0 saturated heterocycles. The van der Waals surface area contributed by atoms with Gasteiger partial charge in [0.1, 0.15) is 12.3 Å². The predicted molar refractivity (Wildman–Crippen MR) is 111 cm³/mol. The van der Waals surface area contributed by atoms with Gasteiger partial charge in [0.2, 0.25) is 0 Å². The van der Waals surface area contributed by atoms with Crippen LogP contribution in [0.1, 0.15) is 43.2 Å². The van der Waals surface area contributed by atoms with Crippen molar-refractivity contribution in [1.82, 2.24) is 19.9 Å². The average Bonchev–Trinajstić information content (AvgIpc) is 3.34. The minimum atomic E-state index is -0.468. The summed E-state index contributed by atoms with van der Waals surface area (Å²) in [5, 5.41) is 2.91. The Balaban J connectivity index is 1.64. The van der Waals surface area contributed by atoms with Gasteiger partial charge in [0, 0.05) is 38.3 Å². The molecular formula is C22H26N4O4. The number of carbonyl (C=O) groups excluding carboxylic acids is 2. The fourth-order valence-corrected chi connectivity index (χ4v) is 3.27. The number of ether oxygens (including phenoxy) is 2. The molecule has 3 aromatic rings. The maximum absolute atomic E-state index is 12.7. The zero-order chi connectivity index (χ0) is 21.5. The van der Waals surface area contributed by atoms with Crippen LogP contribution >= 0.6 is 0 Å².